The van der Waals surface area contributed by atoms with E-state index in [9.17, 15) is 14.0 Å². The van der Waals surface area contributed by atoms with Crippen molar-refractivity contribution in [2.75, 3.05) is 31.6 Å². The van der Waals surface area contributed by atoms with Crippen LogP contribution in [0, 0.1) is 12.8 Å². The summed E-state index contributed by atoms with van der Waals surface area (Å²) in [5.74, 6) is 1.44. The first kappa shape index (κ1) is 24.3. The number of hydrogen-bond acceptors (Lipinski definition) is 8. The molecule has 4 saturated carbocycles. The van der Waals surface area contributed by atoms with E-state index in [1.165, 1.54) is 0 Å². The molecule has 0 spiro atoms. The number of nitrogens with one attached hydrogen (secondary N) is 3. The fourth-order valence-electron chi connectivity index (χ4n) is 6.30. The molecule has 8 rings (SSSR count). The molecular weight excluding hydrogens is 507 g/mol. The SMILES string of the molecule is Cc1cn2nc(C(=O)N3CCOCC3)cc2c(Nc2cc([C@H]3C[C@@H](F)[C@@H](OC(=O)NC45CC(C4)C5)C3)[nH]n2)n1. The van der Waals surface area contributed by atoms with Crippen LogP contribution in [-0.2, 0) is 9.47 Å². The number of alkyl halides is 1. The average Bonchev–Trinajstić information content (AvgIpc) is 3.60. The van der Waals surface area contributed by atoms with Gasteiger partial charge in [-0.2, -0.15) is 10.2 Å². The number of aromatic amines is 1. The van der Waals surface area contributed by atoms with E-state index in [0.29, 0.717) is 61.3 Å². The number of anilines is 2. The molecule has 4 aliphatic carbocycles. The molecule has 1 saturated heterocycles. The second-order valence-electron chi connectivity index (χ2n) is 11.3. The highest BCUT2D eigenvalue weighted by molar-refractivity contribution is 5.94. The molecule has 3 aromatic rings. The van der Waals surface area contributed by atoms with Gasteiger partial charge in [0.2, 0.25) is 0 Å². The lowest BCUT2D eigenvalue weighted by Crippen LogP contribution is -2.68. The van der Waals surface area contributed by atoms with Gasteiger partial charge >= 0.3 is 6.09 Å². The van der Waals surface area contributed by atoms with Crippen LogP contribution in [0.4, 0.5) is 20.8 Å². The molecule has 0 aromatic carbocycles. The van der Waals surface area contributed by atoms with Gasteiger partial charge < -0.3 is 25.0 Å². The number of aryl methyl sites for hydroxylation is 1. The molecule has 206 valence electrons. The number of carbonyl (C=O) groups excluding carboxylic acids is 2. The van der Waals surface area contributed by atoms with Gasteiger partial charge in [0.1, 0.15) is 17.8 Å². The number of fused-ring (bicyclic) bond motifs is 1. The molecule has 3 N–H and O–H groups in total. The molecule has 0 unspecified atom stereocenters. The molecule has 2 bridgehead atoms. The number of nitrogens with zero attached hydrogens (tertiary/aromatic N) is 5. The van der Waals surface area contributed by atoms with Gasteiger partial charge in [-0.3, -0.25) is 9.89 Å². The topological polar surface area (TPSA) is 139 Å². The van der Waals surface area contributed by atoms with Crippen LogP contribution in [0.5, 0.6) is 0 Å². The number of amides is 2. The molecule has 5 fully saturated rings. The quantitative estimate of drug-likeness (QED) is 0.436. The van der Waals surface area contributed by atoms with E-state index in [2.05, 4.69) is 30.9 Å². The van der Waals surface area contributed by atoms with E-state index >= 15 is 0 Å². The Bertz CT molecular complexity index is 1420. The number of aromatic nitrogens is 5. The third kappa shape index (κ3) is 4.48. The monoisotopic (exact) mass is 538 g/mol. The van der Waals surface area contributed by atoms with Crippen LogP contribution in [0.25, 0.3) is 5.52 Å². The Morgan fingerprint density at radius 2 is 2.00 bits per heavy atom. The summed E-state index contributed by atoms with van der Waals surface area (Å²) < 4.78 is 27.2. The molecule has 5 aliphatic rings. The van der Waals surface area contributed by atoms with E-state index in [4.69, 9.17) is 9.47 Å². The van der Waals surface area contributed by atoms with Crippen LogP contribution in [0.2, 0.25) is 0 Å². The zero-order valence-electron chi connectivity index (χ0n) is 21.7. The largest absolute Gasteiger partial charge is 0.443 e. The first-order chi connectivity index (χ1) is 18.8. The van der Waals surface area contributed by atoms with Crippen molar-refractivity contribution in [1.29, 1.82) is 0 Å². The van der Waals surface area contributed by atoms with Crippen LogP contribution < -0.4 is 10.6 Å². The zero-order valence-corrected chi connectivity index (χ0v) is 21.7. The third-order valence-corrected chi connectivity index (χ3v) is 8.47. The minimum absolute atomic E-state index is 0.100. The molecule has 1 aliphatic heterocycles. The van der Waals surface area contributed by atoms with E-state index in [0.717, 1.165) is 30.9 Å². The Balaban J connectivity index is 1.03. The van der Waals surface area contributed by atoms with Crippen molar-refractivity contribution in [3.8, 4) is 0 Å². The van der Waals surface area contributed by atoms with Crippen LogP contribution in [0.3, 0.4) is 0 Å². The molecule has 4 heterocycles. The van der Waals surface area contributed by atoms with Gasteiger partial charge in [-0.05, 0) is 44.9 Å². The molecule has 39 heavy (non-hydrogen) atoms. The number of hydrogen-bond donors (Lipinski definition) is 3. The second-order valence-corrected chi connectivity index (χ2v) is 11.3. The lowest BCUT2D eigenvalue weighted by atomic mass is 9.50. The maximum absolute atomic E-state index is 14.8. The summed E-state index contributed by atoms with van der Waals surface area (Å²) in [6.07, 6.45) is 2.87. The number of halogens is 1. The molecule has 12 nitrogen and oxygen atoms in total. The normalized spacial score (nSPS) is 29.5. The number of carbonyl (C=O) groups is 2. The summed E-state index contributed by atoms with van der Waals surface area (Å²) in [7, 11) is 0. The molecule has 3 atom stereocenters. The average molecular weight is 539 g/mol. The maximum atomic E-state index is 14.8. The van der Waals surface area contributed by atoms with Gasteiger partial charge in [0.25, 0.3) is 5.91 Å². The lowest BCUT2D eigenvalue weighted by molar-refractivity contribution is -0.0530. The van der Waals surface area contributed by atoms with Gasteiger partial charge in [-0.1, -0.05) is 0 Å². The summed E-state index contributed by atoms with van der Waals surface area (Å²) in [5.41, 5.74) is 2.33. The minimum Gasteiger partial charge on any atom is -0.443 e. The number of alkyl carbamates (subject to hydrolysis) is 1. The van der Waals surface area contributed by atoms with E-state index in [1.807, 2.05) is 13.0 Å². The molecule has 0 radical (unpaired) electrons. The number of ether oxygens (including phenoxy) is 2. The van der Waals surface area contributed by atoms with Crippen LogP contribution >= 0.6 is 0 Å². The van der Waals surface area contributed by atoms with Gasteiger partial charge in [0.05, 0.1) is 25.1 Å². The standard InChI is InChI=1S/C26H31FN8O4/c1-14-13-35-20(8-19(33-35)24(36)34-2-4-38-5-3-34)23(28-14)29-22-9-18(31-32-22)16-6-17(27)21(7-16)39-25(37)30-26-10-15(11-26)12-26/h8-9,13,15-17,21H,2-7,10-12H2,1H3,(H,30,37)(H2,28,29,31,32)/t15?,16-,17+,21-,26?/m0/s1. The summed E-state index contributed by atoms with van der Waals surface area (Å²) in [6.45, 7) is 3.93. The molecule has 13 heteroatoms. The summed E-state index contributed by atoms with van der Waals surface area (Å²) in [6, 6.07) is 3.53. The minimum atomic E-state index is -1.24. The first-order valence-electron chi connectivity index (χ1n) is 13.5. The predicted molar refractivity (Wildman–Crippen MR) is 137 cm³/mol. The summed E-state index contributed by atoms with van der Waals surface area (Å²) in [4.78, 5) is 31.6. The highest BCUT2D eigenvalue weighted by atomic mass is 19.1. The fourth-order valence-corrected chi connectivity index (χ4v) is 6.30. The van der Waals surface area contributed by atoms with Crippen LogP contribution in [0.15, 0.2) is 18.3 Å². The number of H-pyrrole nitrogens is 1. The van der Waals surface area contributed by atoms with Crippen LogP contribution in [0.1, 0.15) is 59.9 Å². The van der Waals surface area contributed by atoms with Crippen LogP contribution in [-0.4, -0.2) is 85.8 Å². The van der Waals surface area contributed by atoms with Gasteiger partial charge in [0, 0.05) is 42.4 Å². The molecule has 2 amide bonds. The highest BCUT2D eigenvalue weighted by Crippen LogP contribution is 2.57. The van der Waals surface area contributed by atoms with Crippen molar-refractivity contribution < 1.29 is 23.5 Å². The first-order valence-corrected chi connectivity index (χ1v) is 13.5. The predicted octanol–water partition coefficient (Wildman–Crippen LogP) is 2.84. The Morgan fingerprint density at radius 1 is 1.21 bits per heavy atom. The van der Waals surface area contributed by atoms with Gasteiger partial charge in [-0.25, -0.2) is 18.7 Å². The van der Waals surface area contributed by atoms with Crippen molar-refractivity contribution in [3.05, 3.63) is 35.4 Å². The fraction of sp³-hybridized carbons (Fsp3) is 0.577. The molecular formula is C26H31FN8O4. The van der Waals surface area contributed by atoms with Crippen molar-refractivity contribution in [3.63, 3.8) is 0 Å². The van der Waals surface area contributed by atoms with Crippen molar-refractivity contribution in [2.45, 2.75) is 62.8 Å². The Hall–Kier alpha value is -3.74. The van der Waals surface area contributed by atoms with E-state index in [1.54, 1.807) is 21.7 Å². The number of morpholine rings is 1. The third-order valence-electron chi connectivity index (χ3n) is 8.47. The highest BCUT2D eigenvalue weighted by Gasteiger charge is 2.58. The van der Waals surface area contributed by atoms with Crippen molar-refractivity contribution >= 4 is 29.2 Å². The van der Waals surface area contributed by atoms with E-state index in [-0.39, 0.29) is 23.8 Å². The lowest BCUT2D eigenvalue weighted by Gasteiger charge is -2.61. The smallest absolute Gasteiger partial charge is 0.407 e. The summed E-state index contributed by atoms with van der Waals surface area (Å²) in [5, 5.41) is 18.0. The van der Waals surface area contributed by atoms with E-state index < -0.39 is 18.4 Å². The van der Waals surface area contributed by atoms with Crippen molar-refractivity contribution in [1.82, 2.24) is 35.0 Å². The maximum Gasteiger partial charge on any atom is 0.407 e. The Morgan fingerprint density at radius 3 is 2.74 bits per heavy atom. The van der Waals surface area contributed by atoms with Gasteiger partial charge in [0.15, 0.2) is 17.3 Å². The van der Waals surface area contributed by atoms with Gasteiger partial charge in [-0.15, -0.1) is 0 Å². The number of rotatable bonds is 6. The Labute approximate surface area is 223 Å². The summed E-state index contributed by atoms with van der Waals surface area (Å²) >= 11 is 0. The second kappa shape index (κ2) is 9.18. The zero-order chi connectivity index (χ0) is 26.7. The van der Waals surface area contributed by atoms with Crippen molar-refractivity contribution in [2.24, 2.45) is 5.92 Å². The Kier molecular flexibility index (Phi) is 5.72. The molecule has 3 aromatic heterocycles.